The van der Waals surface area contributed by atoms with Crippen molar-refractivity contribution in [3.63, 3.8) is 0 Å². The van der Waals surface area contributed by atoms with E-state index in [0.717, 1.165) is 12.5 Å². The molecule has 1 fully saturated rings. The molecule has 1 heterocycles. The molecule has 0 spiro atoms. The summed E-state index contributed by atoms with van der Waals surface area (Å²) in [5.74, 6) is -0.406. The van der Waals surface area contributed by atoms with Crippen LogP contribution >= 0.6 is 24.0 Å². The Labute approximate surface area is 135 Å². The number of rotatable bonds is 3. The molecule has 4 nitrogen and oxygen atoms in total. The number of nitrogens with two attached hydrogens (primary N) is 1. The van der Waals surface area contributed by atoms with Crippen LogP contribution in [-0.2, 0) is 10.0 Å². The summed E-state index contributed by atoms with van der Waals surface area (Å²) >= 11 is 5.66. The summed E-state index contributed by atoms with van der Waals surface area (Å²) < 4.78 is 40.4. The van der Waals surface area contributed by atoms with E-state index in [4.69, 9.17) is 17.3 Å². The Morgan fingerprint density at radius 3 is 2.71 bits per heavy atom. The molecule has 2 atom stereocenters. The van der Waals surface area contributed by atoms with E-state index in [9.17, 15) is 12.8 Å². The van der Waals surface area contributed by atoms with Gasteiger partial charge in [-0.2, -0.15) is 4.31 Å². The zero-order chi connectivity index (χ0) is 14.9. The Hall–Kier alpha value is -0.400. The fourth-order valence-electron chi connectivity index (χ4n) is 2.57. The van der Waals surface area contributed by atoms with Crippen LogP contribution in [-0.4, -0.2) is 31.9 Å². The van der Waals surface area contributed by atoms with Crippen molar-refractivity contribution in [2.24, 2.45) is 11.7 Å². The summed E-state index contributed by atoms with van der Waals surface area (Å²) in [6.45, 7) is 2.67. The molecule has 2 N–H and O–H groups in total. The first-order chi connectivity index (χ1) is 9.36. The molecular formula is C13H19Cl2FN2O2S. The van der Waals surface area contributed by atoms with E-state index in [-0.39, 0.29) is 34.9 Å². The summed E-state index contributed by atoms with van der Waals surface area (Å²) in [6.07, 6.45) is 1.45. The van der Waals surface area contributed by atoms with Crippen LogP contribution in [0, 0.1) is 11.7 Å². The standard InChI is InChI=1S/C13H18ClFN2O2S.ClH/c1-9-4-5-17(11(6-9)8-16)20(18,19)13-3-2-10(14)7-12(13)15;/h2-3,7,9,11H,4-6,8,16H2,1H3;1H. The molecule has 1 aromatic rings. The third-order valence-electron chi connectivity index (χ3n) is 3.68. The predicted octanol–water partition coefficient (Wildman–Crippen LogP) is 2.65. The SMILES string of the molecule is CC1CCN(S(=O)(=O)c2ccc(Cl)cc2F)C(CN)C1.Cl. The smallest absolute Gasteiger partial charge is 0.246 e. The lowest BCUT2D eigenvalue weighted by atomic mass is 9.94. The molecule has 2 unspecified atom stereocenters. The van der Waals surface area contributed by atoms with Gasteiger partial charge < -0.3 is 5.73 Å². The van der Waals surface area contributed by atoms with Gasteiger partial charge in [-0.25, -0.2) is 12.8 Å². The van der Waals surface area contributed by atoms with Crippen LogP contribution in [0.4, 0.5) is 4.39 Å². The van der Waals surface area contributed by atoms with Gasteiger partial charge in [-0.3, -0.25) is 0 Å². The highest BCUT2D eigenvalue weighted by Gasteiger charge is 2.36. The van der Waals surface area contributed by atoms with Crippen molar-refractivity contribution >= 4 is 34.0 Å². The van der Waals surface area contributed by atoms with E-state index in [2.05, 4.69) is 6.92 Å². The van der Waals surface area contributed by atoms with Crippen LogP contribution in [0.25, 0.3) is 0 Å². The van der Waals surface area contributed by atoms with Gasteiger partial charge >= 0.3 is 0 Å². The molecule has 21 heavy (non-hydrogen) atoms. The quantitative estimate of drug-likeness (QED) is 0.905. The van der Waals surface area contributed by atoms with E-state index in [1.54, 1.807) is 0 Å². The lowest BCUT2D eigenvalue weighted by molar-refractivity contribution is 0.210. The first-order valence-corrected chi connectivity index (χ1v) is 8.35. The average Bonchev–Trinajstić information content (AvgIpc) is 2.37. The van der Waals surface area contributed by atoms with Gasteiger partial charge in [0.2, 0.25) is 10.0 Å². The van der Waals surface area contributed by atoms with E-state index < -0.39 is 15.8 Å². The Morgan fingerprint density at radius 1 is 1.48 bits per heavy atom. The van der Waals surface area contributed by atoms with Crippen molar-refractivity contribution in [3.05, 3.63) is 29.0 Å². The maximum absolute atomic E-state index is 13.9. The summed E-state index contributed by atoms with van der Waals surface area (Å²) in [5.41, 5.74) is 5.67. The number of nitrogens with zero attached hydrogens (tertiary/aromatic N) is 1. The minimum atomic E-state index is -3.87. The van der Waals surface area contributed by atoms with E-state index in [0.29, 0.717) is 18.9 Å². The molecule has 0 aromatic heterocycles. The van der Waals surface area contributed by atoms with Gasteiger partial charge in [0, 0.05) is 24.2 Å². The summed E-state index contributed by atoms with van der Waals surface area (Å²) in [7, 11) is -3.87. The van der Waals surface area contributed by atoms with Crippen LogP contribution < -0.4 is 5.73 Å². The molecule has 8 heteroatoms. The maximum atomic E-state index is 13.9. The van der Waals surface area contributed by atoms with Crippen LogP contribution in [0.2, 0.25) is 5.02 Å². The minimum absolute atomic E-state index is 0. The topological polar surface area (TPSA) is 63.4 Å². The summed E-state index contributed by atoms with van der Waals surface area (Å²) in [4.78, 5) is -0.338. The molecule has 1 aliphatic rings. The molecule has 2 rings (SSSR count). The first-order valence-electron chi connectivity index (χ1n) is 6.53. The monoisotopic (exact) mass is 356 g/mol. The van der Waals surface area contributed by atoms with E-state index >= 15 is 0 Å². The molecule has 0 aliphatic carbocycles. The van der Waals surface area contributed by atoms with E-state index in [1.807, 2.05) is 0 Å². The van der Waals surface area contributed by atoms with Crippen LogP contribution in [0.15, 0.2) is 23.1 Å². The van der Waals surface area contributed by atoms with Crippen molar-refractivity contribution in [2.75, 3.05) is 13.1 Å². The highest BCUT2D eigenvalue weighted by molar-refractivity contribution is 7.89. The van der Waals surface area contributed by atoms with Gasteiger partial charge in [0.1, 0.15) is 10.7 Å². The van der Waals surface area contributed by atoms with Crippen molar-refractivity contribution in [1.82, 2.24) is 4.31 Å². The zero-order valence-corrected chi connectivity index (χ0v) is 14.0. The molecule has 0 radical (unpaired) electrons. The van der Waals surface area contributed by atoms with Crippen LogP contribution in [0.3, 0.4) is 0 Å². The highest BCUT2D eigenvalue weighted by atomic mass is 35.5. The summed E-state index contributed by atoms with van der Waals surface area (Å²) in [5, 5.41) is 0.170. The molecule has 0 bridgehead atoms. The number of sulfonamides is 1. The second kappa shape index (κ2) is 7.24. The van der Waals surface area contributed by atoms with Gasteiger partial charge in [0.25, 0.3) is 0 Å². The highest BCUT2D eigenvalue weighted by Crippen LogP contribution is 2.29. The number of hydrogen-bond donors (Lipinski definition) is 1. The normalized spacial score (nSPS) is 23.6. The molecule has 1 saturated heterocycles. The minimum Gasteiger partial charge on any atom is -0.329 e. The largest absolute Gasteiger partial charge is 0.329 e. The van der Waals surface area contributed by atoms with Gasteiger partial charge in [-0.15, -0.1) is 12.4 Å². The lowest BCUT2D eigenvalue weighted by Gasteiger charge is -2.36. The number of piperidine rings is 1. The second-order valence-electron chi connectivity index (χ2n) is 5.21. The molecule has 1 aliphatic heterocycles. The fraction of sp³-hybridized carbons (Fsp3) is 0.538. The van der Waals surface area contributed by atoms with Crippen molar-refractivity contribution in [3.8, 4) is 0 Å². The van der Waals surface area contributed by atoms with Crippen molar-refractivity contribution in [1.29, 1.82) is 0 Å². The fourth-order valence-corrected chi connectivity index (χ4v) is 4.44. The molecule has 1 aromatic carbocycles. The van der Waals surface area contributed by atoms with Crippen LogP contribution in [0.5, 0.6) is 0 Å². The van der Waals surface area contributed by atoms with Crippen molar-refractivity contribution < 1.29 is 12.8 Å². The van der Waals surface area contributed by atoms with Gasteiger partial charge in [0.15, 0.2) is 0 Å². The Morgan fingerprint density at radius 2 is 2.14 bits per heavy atom. The summed E-state index contributed by atoms with van der Waals surface area (Å²) in [6, 6.07) is 3.32. The van der Waals surface area contributed by atoms with Crippen molar-refractivity contribution in [2.45, 2.75) is 30.7 Å². The third kappa shape index (κ3) is 3.87. The number of halogens is 3. The third-order valence-corrected chi connectivity index (χ3v) is 5.90. The van der Waals surface area contributed by atoms with Crippen LogP contribution in [0.1, 0.15) is 19.8 Å². The zero-order valence-electron chi connectivity index (χ0n) is 11.6. The maximum Gasteiger partial charge on any atom is 0.246 e. The number of benzene rings is 1. The molecule has 120 valence electrons. The molecule has 0 saturated carbocycles. The average molecular weight is 357 g/mol. The first kappa shape index (κ1) is 18.6. The van der Waals surface area contributed by atoms with E-state index in [1.165, 1.54) is 16.4 Å². The Balaban J connectivity index is 0.00000220. The molecule has 0 amide bonds. The second-order valence-corrected chi connectivity index (χ2v) is 7.50. The predicted molar refractivity (Wildman–Crippen MR) is 83.8 cm³/mol. The lowest BCUT2D eigenvalue weighted by Crippen LogP contribution is -2.49. The van der Waals surface area contributed by atoms with Gasteiger partial charge in [0.05, 0.1) is 0 Å². The molecular weight excluding hydrogens is 338 g/mol. The number of hydrogen-bond acceptors (Lipinski definition) is 3. The Bertz CT molecular complexity index is 598. The Kier molecular flexibility index (Phi) is 6.43. The van der Waals surface area contributed by atoms with Gasteiger partial charge in [-0.05, 0) is 37.0 Å². The van der Waals surface area contributed by atoms with Gasteiger partial charge in [-0.1, -0.05) is 18.5 Å².